The summed E-state index contributed by atoms with van der Waals surface area (Å²) in [5.41, 5.74) is -1.25. The van der Waals surface area contributed by atoms with Crippen molar-refractivity contribution >= 4 is 20.8 Å². The van der Waals surface area contributed by atoms with E-state index in [9.17, 15) is 36.2 Å². The van der Waals surface area contributed by atoms with Gasteiger partial charge in [0.2, 0.25) is 20.8 Å². The number of hydrogen-bond acceptors (Lipinski definition) is 10. The second kappa shape index (κ2) is 14.0. The van der Waals surface area contributed by atoms with E-state index in [4.69, 9.17) is 4.18 Å². The van der Waals surface area contributed by atoms with Crippen LogP contribution < -0.4 is 59.1 Å². The minimum atomic E-state index is -5.02. The smallest absolute Gasteiger partial charge is 0.726 e. The molecule has 14 heteroatoms. The van der Waals surface area contributed by atoms with Gasteiger partial charge in [-0.05, 0) is 113 Å². The van der Waals surface area contributed by atoms with E-state index in [1.165, 1.54) is 0 Å². The van der Waals surface area contributed by atoms with E-state index in [0.29, 0.717) is 18.8 Å². The second-order valence-electron chi connectivity index (χ2n) is 13.3. The zero-order valence-electron chi connectivity index (χ0n) is 25.2. The summed E-state index contributed by atoms with van der Waals surface area (Å²) in [6.45, 7) is 10.1. The second-order valence-corrected chi connectivity index (χ2v) is 15.4. The molecule has 41 heavy (non-hydrogen) atoms. The molecule has 0 spiro atoms. The number of hydrogen-bond donors (Lipinski definition) is 2. The molecule has 4 fully saturated rings. The van der Waals surface area contributed by atoms with Crippen LogP contribution in [0.4, 0.5) is 0 Å². The molecule has 2 N–H and O–H groups in total. The fraction of sp³-hybridized carbons (Fsp3) is 0.926. The summed E-state index contributed by atoms with van der Waals surface area (Å²) in [6, 6.07) is 0. The third-order valence-electron chi connectivity index (χ3n) is 11.4. The van der Waals surface area contributed by atoms with Crippen LogP contribution in [0.5, 0.6) is 0 Å². The van der Waals surface area contributed by atoms with Gasteiger partial charge in [-0.15, -0.1) is 6.58 Å². The molecule has 4 saturated carbocycles. The van der Waals surface area contributed by atoms with Gasteiger partial charge in [0.1, 0.15) is 12.2 Å². The van der Waals surface area contributed by atoms with Crippen LogP contribution in [0.15, 0.2) is 12.2 Å². The zero-order valence-corrected chi connectivity index (χ0v) is 30.8. The van der Waals surface area contributed by atoms with Crippen molar-refractivity contribution < 1.29 is 104 Å². The molecule has 4 rings (SSSR count). The molecule has 0 saturated heterocycles. The standard InChI is InChI=1S/C27H46O10S2.2Na/c1-17(2)6-5-7-18(16-36-38(30,31)32)20-8-9-21-19-10-15-27(29)24(28)23(37-39(33,34)35)12-14-26(27,4)22(19)11-13-25(20,21)3;;/h18-24,28-29H,1,5-16H2,2-4H3,(H,30,31,32)(H,33,34,35);;/q;2*+1/p-2/t18-,19?,20+,21?,22?,23+,24+,25+,26+,27-;;/m0../s1. The molecule has 0 bridgehead atoms. The van der Waals surface area contributed by atoms with Crippen LogP contribution in [0.25, 0.3) is 0 Å². The fourth-order valence-electron chi connectivity index (χ4n) is 9.57. The maximum Gasteiger partial charge on any atom is 1.00 e. The number of aliphatic hydroxyl groups excluding tert-OH is 1. The Balaban J connectivity index is 0.00000294. The van der Waals surface area contributed by atoms with Gasteiger partial charge in [0, 0.05) is 5.41 Å². The van der Waals surface area contributed by atoms with Gasteiger partial charge < -0.3 is 19.3 Å². The zero-order chi connectivity index (χ0) is 29.0. The van der Waals surface area contributed by atoms with Crippen molar-refractivity contribution in [1.82, 2.24) is 0 Å². The third kappa shape index (κ3) is 7.86. The van der Waals surface area contributed by atoms with Gasteiger partial charge in [-0.3, -0.25) is 8.37 Å². The summed E-state index contributed by atoms with van der Waals surface area (Å²) in [5.74, 6) is 0.850. The number of aliphatic hydroxyl groups is 2. The van der Waals surface area contributed by atoms with E-state index in [1.54, 1.807) is 0 Å². The molecule has 0 aromatic heterocycles. The molecule has 0 amide bonds. The van der Waals surface area contributed by atoms with Crippen LogP contribution in [0.2, 0.25) is 0 Å². The largest absolute Gasteiger partial charge is 1.00 e. The minimum absolute atomic E-state index is 0. The van der Waals surface area contributed by atoms with Crippen molar-refractivity contribution in [2.45, 2.75) is 109 Å². The van der Waals surface area contributed by atoms with Gasteiger partial charge in [-0.25, -0.2) is 16.8 Å². The average Bonchev–Trinajstić information content (AvgIpc) is 3.15. The summed E-state index contributed by atoms with van der Waals surface area (Å²) in [6.07, 6.45) is 4.76. The first kappa shape index (κ1) is 38.6. The Labute approximate surface area is 290 Å². The molecule has 226 valence electrons. The molecule has 0 aromatic carbocycles. The van der Waals surface area contributed by atoms with Gasteiger partial charge in [-0.1, -0.05) is 19.4 Å². The first-order chi connectivity index (χ1) is 17.9. The Bertz CT molecular complexity index is 1150. The van der Waals surface area contributed by atoms with Crippen LogP contribution in [0.1, 0.15) is 91.4 Å². The summed E-state index contributed by atoms with van der Waals surface area (Å²) in [5, 5.41) is 22.9. The van der Waals surface area contributed by atoms with E-state index in [2.05, 4.69) is 17.7 Å². The number of allylic oxidation sites excluding steroid dienone is 1. The Kier molecular flexibility index (Phi) is 13.2. The van der Waals surface area contributed by atoms with Crippen LogP contribution in [-0.4, -0.2) is 60.6 Å². The normalized spacial score (nSPS) is 41.1. The summed E-state index contributed by atoms with van der Waals surface area (Å²) in [4.78, 5) is 0. The van der Waals surface area contributed by atoms with Gasteiger partial charge in [0.25, 0.3) is 0 Å². The van der Waals surface area contributed by atoms with Crippen molar-refractivity contribution in [3.05, 3.63) is 12.2 Å². The predicted octanol–water partition coefficient (Wildman–Crippen LogP) is -2.58. The Morgan fingerprint density at radius 2 is 1.63 bits per heavy atom. The quantitative estimate of drug-likeness (QED) is 0.112. The van der Waals surface area contributed by atoms with Crippen molar-refractivity contribution in [1.29, 1.82) is 0 Å². The van der Waals surface area contributed by atoms with E-state index < -0.39 is 44.0 Å². The van der Waals surface area contributed by atoms with Crippen molar-refractivity contribution in [3.8, 4) is 0 Å². The molecule has 3 unspecified atom stereocenters. The molecule has 4 aliphatic rings. The summed E-state index contributed by atoms with van der Waals surface area (Å²) >= 11 is 0. The molecule has 0 heterocycles. The van der Waals surface area contributed by atoms with Crippen LogP contribution in [-0.2, 0) is 29.2 Å². The minimum Gasteiger partial charge on any atom is -0.726 e. The van der Waals surface area contributed by atoms with Crippen molar-refractivity contribution in [3.63, 3.8) is 0 Å². The van der Waals surface area contributed by atoms with E-state index in [-0.39, 0.29) is 108 Å². The Hall–Kier alpha value is 1.40. The fourth-order valence-corrected chi connectivity index (χ4v) is 10.4. The molecular formula is C27H44Na2O10S2. The van der Waals surface area contributed by atoms with E-state index >= 15 is 0 Å². The summed E-state index contributed by atoms with van der Waals surface area (Å²) in [7, 11) is -9.81. The maximum absolute atomic E-state index is 11.8. The van der Waals surface area contributed by atoms with Crippen LogP contribution >= 0.6 is 0 Å². The van der Waals surface area contributed by atoms with Gasteiger partial charge in [-0.2, -0.15) is 0 Å². The molecule has 10 atom stereocenters. The monoisotopic (exact) mass is 638 g/mol. The Morgan fingerprint density at radius 3 is 2.22 bits per heavy atom. The summed E-state index contributed by atoms with van der Waals surface area (Å²) < 4.78 is 77.1. The molecule has 0 radical (unpaired) electrons. The third-order valence-corrected chi connectivity index (χ3v) is 12.3. The molecule has 10 nitrogen and oxygen atoms in total. The first-order valence-electron chi connectivity index (χ1n) is 14.2. The predicted molar refractivity (Wildman–Crippen MR) is 140 cm³/mol. The van der Waals surface area contributed by atoms with Gasteiger partial charge >= 0.3 is 59.1 Å². The van der Waals surface area contributed by atoms with Crippen molar-refractivity contribution in [2.75, 3.05) is 6.61 Å². The van der Waals surface area contributed by atoms with Crippen LogP contribution in [0.3, 0.4) is 0 Å². The molecular weight excluding hydrogens is 594 g/mol. The molecule has 4 aliphatic carbocycles. The van der Waals surface area contributed by atoms with E-state index in [0.717, 1.165) is 50.5 Å². The van der Waals surface area contributed by atoms with Gasteiger partial charge in [0.05, 0.1) is 12.2 Å². The maximum atomic E-state index is 11.8. The van der Waals surface area contributed by atoms with Crippen LogP contribution in [0, 0.1) is 40.4 Å². The van der Waals surface area contributed by atoms with E-state index in [1.807, 2.05) is 13.8 Å². The molecule has 0 aliphatic heterocycles. The Morgan fingerprint density at radius 1 is 0.976 bits per heavy atom. The first-order valence-corrected chi connectivity index (χ1v) is 16.9. The number of rotatable bonds is 10. The van der Waals surface area contributed by atoms with Crippen molar-refractivity contribution in [2.24, 2.45) is 40.4 Å². The average molecular weight is 639 g/mol. The topological polar surface area (TPSA) is 173 Å². The molecule has 0 aromatic rings. The SMILES string of the molecule is C=C(C)CCC[C@@H](COS(=O)(=O)[O-])[C@H]1CCC2C3CC[C@]4(O)[C@H](O)[C@H](OS(=O)(=O)[O-])CC[C@]4(C)C3CC[C@@]21C.[Na+].[Na+]. The number of fused-ring (bicyclic) bond motifs is 5. The van der Waals surface area contributed by atoms with Gasteiger partial charge in [0.15, 0.2) is 0 Å².